The first-order valence-corrected chi connectivity index (χ1v) is 11.5. The van der Waals surface area contributed by atoms with Crippen LogP contribution in [0.4, 0.5) is 5.69 Å². The lowest BCUT2D eigenvalue weighted by molar-refractivity contribution is -0.113. The summed E-state index contributed by atoms with van der Waals surface area (Å²) in [5, 5.41) is 11.9. The Hall–Kier alpha value is -2.88. The van der Waals surface area contributed by atoms with Crippen LogP contribution in [0.25, 0.3) is 0 Å². The summed E-state index contributed by atoms with van der Waals surface area (Å²) < 4.78 is 11.4. The standard InChI is InChI=1S/C22H28N4O5S/c1-26-18(11-14-7-5-4-6-8-14)24-25-22(26)32-13-19(27)23-17-12-15(20(28)30-2)9-10-16(17)21(29)31-3/h9-10,12,14H,4-8,11,13H2,1-3H3,(H,23,27). The predicted octanol–water partition coefficient (Wildman–Crippen LogP) is 3.24. The van der Waals surface area contributed by atoms with Crippen LogP contribution in [0, 0.1) is 5.92 Å². The Morgan fingerprint density at radius 3 is 2.50 bits per heavy atom. The van der Waals surface area contributed by atoms with Gasteiger partial charge in [0.1, 0.15) is 5.82 Å². The maximum atomic E-state index is 12.6. The van der Waals surface area contributed by atoms with Crippen LogP contribution in [0.5, 0.6) is 0 Å². The number of carbonyl (C=O) groups is 3. The average molecular weight is 461 g/mol. The summed E-state index contributed by atoms with van der Waals surface area (Å²) in [6.07, 6.45) is 7.21. The van der Waals surface area contributed by atoms with E-state index in [1.54, 1.807) is 0 Å². The van der Waals surface area contributed by atoms with Gasteiger partial charge in [0.2, 0.25) is 5.91 Å². The van der Waals surface area contributed by atoms with E-state index in [1.807, 2.05) is 11.6 Å². The Morgan fingerprint density at radius 1 is 1.09 bits per heavy atom. The third kappa shape index (κ3) is 5.87. The minimum atomic E-state index is -0.620. The molecular formula is C22H28N4O5S. The highest BCUT2D eigenvalue weighted by atomic mass is 32.2. The normalized spacial score (nSPS) is 14.1. The van der Waals surface area contributed by atoms with Gasteiger partial charge in [-0.2, -0.15) is 0 Å². The molecule has 0 aliphatic heterocycles. The van der Waals surface area contributed by atoms with E-state index in [2.05, 4.69) is 15.5 Å². The van der Waals surface area contributed by atoms with Crippen molar-refractivity contribution in [2.24, 2.45) is 13.0 Å². The molecule has 1 aliphatic carbocycles. The van der Waals surface area contributed by atoms with Crippen LogP contribution in [0.15, 0.2) is 23.4 Å². The number of nitrogens with zero attached hydrogens (tertiary/aromatic N) is 3. The molecule has 1 saturated carbocycles. The number of amides is 1. The highest BCUT2D eigenvalue weighted by Crippen LogP contribution is 2.27. The number of thioether (sulfide) groups is 1. The van der Waals surface area contributed by atoms with Crippen LogP contribution in [0.2, 0.25) is 0 Å². The SMILES string of the molecule is COC(=O)c1ccc(C(=O)OC)c(NC(=O)CSc2nnc(CC3CCCCC3)n2C)c1. The van der Waals surface area contributed by atoms with Crippen LogP contribution in [0.3, 0.4) is 0 Å². The van der Waals surface area contributed by atoms with Gasteiger partial charge in [-0.3, -0.25) is 4.79 Å². The molecule has 32 heavy (non-hydrogen) atoms. The van der Waals surface area contributed by atoms with Crippen molar-refractivity contribution in [1.29, 1.82) is 0 Å². The summed E-state index contributed by atoms with van der Waals surface area (Å²) in [7, 11) is 4.42. The second kappa shape index (κ2) is 11.1. The highest BCUT2D eigenvalue weighted by molar-refractivity contribution is 7.99. The first kappa shape index (κ1) is 23.8. The molecule has 0 unspecified atom stereocenters. The second-order valence-electron chi connectivity index (χ2n) is 7.75. The summed E-state index contributed by atoms with van der Waals surface area (Å²) in [5.41, 5.74) is 0.539. The smallest absolute Gasteiger partial charge is 0.339 e. The first-order valence-electron chi connectivity index (χ1n) is 10.5. The Labute approximate surface area is 191 Å². The van der Waals surface area contributed by atoms with Gasteiger partial charge in [-0.25, -0.2) is 9.59 Å². The minimum absolute atomic E-state index is 0.0679. The monoisotopic (exact) mass is 460 g/mol. The van der Waals surface area contributed by atoms with Crippen LogP contribution >= 0.6 is 11.8 Å². The zero-order valence-electron chi connectivity index (χ0n) is 18.6. The van der Waals surface area contributed by atoms with Gasteiger partial charge >= 0.3 is 11.9 Å². The topological polar surface area (TPSA) is 112 Å². The van der Waals surface area contributed by atoms with Crippen LogP contribution in [-0.2, 0) is 27.7 Å². The molecule has 0 spiro atoms. The molecule has 0 saturated heterocycles. The van der Waals surface area contributed by atoms with Gasteiger partial charge in [0.05, 0.1) is 36.8 Å². The molecule has 0 atom stereocenters. The quantitative estimate of drug-likeness (QED) is 0.472. The summed E-state index contributed by atoms with van der Waals surface area (Å²) >= 11 is 1.26. The van der Waals surface area contributed by atoms with Gasteiger partial charge in [0, 0.05) is 13.5 Å². The van der Waals surface area contributed by atoms with Crippen LogP contribution in [0.1, 0.15) is 58.6 Å². The number of ether oxygens (including phenoxy) is 2. The fraction of sp³-hybridized carbons (Fsp3) is 0.500. The second-order valence-corrected chi connectivity index (χ2v) is 8.69. The molecule has 1 aromatic heterocycles. The number of aromatic nitrogens is 3. The number of rotatable bonds is 8. The molecule has 1 amide bonds. The highest BCUT2D eigenvalue weighted by Gasteiger charge is 2.20. The van der Waals surface area contributed by atoms with Crippen LogP contribution in [-0.4, -0.2) is 52.6 Å². The van der Waals surface area contributed by atoms with E-state index in [-0.39, 0.29) is 28.5 Å². The first-order chi connectivity index (χ1) is 15.4. The lowest BCUT2D eigenvalue weighted by atomic mass is 9.87. The van der Waals surface area contributed by atoms with Crippen molar-refractivity contribution >= 4 is 35.3 Å². The third-order valence-corrected chi connectivity index (χ3v) is 6.59. The maximum absolute atomic E-state index is 12.6. The van der Waals surface area contributed by atoms with Crippen molar-refractivity contribution in [2.45, 2.75) is 43.7 Å². The molecule has 1 N–H and O–H groups in total. The molecule has 0 radical (unpaired) electrons. The number of methoxy groups -OCH3 is 2. The number of benzene rings is 1. The van der Waals surface area contributed by atoms with Crippen molar-refractivity contribution in [3.8, 4) is 0 Å². The van der Waals surface area contributed by atoms with Crippen molar-refractivity contribution in [2.75, 3.05) is 25.3 Å². The fourth-order valence-corrected chi connectivity index (χ4v) is 4.52. The third-order valence-electron chi connectivity index (χ3n) is 5.57. The van der Waals surface area contributed by atoms with Gasteiger partial charge < -0.3 is 19.4 Å². The Kier molecular flexibility index (Phi) is 8.26. The zero-order valence-corrected chi connectivity index (χ0v) is 19.4. The lowest BCUT2D eigenvalue weighted by Gasteiger charge is -2.20. The van der Waals surface area contributed by atoms with Crippen LogP contribution < -0.4 is 5.32 Å². The van der Waals surface area contributed by atoms with Gasteiger partial charge in [0.15, 0.2) is 5.16 Å². The van der Waals surface area contributed by atoms with E-state index in [0.717, 1.165) is 12.2 Å². The van der Waals surface area contributed by atoms with Crippen molar-refractivity contribution in [1.82, 2.24) is 14.8 Å². The van der Waals surface area contributed by atoms with E-state index >= 15 is 0 Å². The fourth-order valence-electron chi connectivity index (χ4n) is 3.79. The largest absolute Gasteiger partial charge is 0.465 e. The molecule has 1 fully saturated rings. The number of esters is 2. The molecule has 1 aliphatic rings. The molecule has 9 nitrogen and oxygen atoms in total. The molecule has 1 heterocycles. The summed E-state index contributed by atoms with van der Waals surface area (Å²) in [5.74, 6) is 0.100. The summed E-state index contributed by atoms with van der Waals surface area (Å²) in [6, 6.07) is 4.25. The van der Waals surface area contributed by atoms with E-state index in [9.17, 15) is 14.4 Å². The van der Waals surface area contributed by atoms with Gasteiger partial charge in [-0.1, -0.05) is 43.9 Å². The Bertz CT molecular complexity index is 985. The molecule has 2 aromatic rings. The molecule has 1 aromatic carbocycles. The molecule has 10 heteroatoms. The predicted molar refractivity (Wildman–Crippen MR) is 120 cm³/mol. The molecule has 0 bridgehead atoms. The van der Waals surface area contributed by atoms with E-state index in [1.165, 1.54) is 76.3 Å². The van der Waals surface area contributed by atoms with E-state index in [4.69, 9.17) is 9.47 Å². The summed E-state index contributed by atoms with van der Waals surface area (Å²) in [6.45, 7) is 0. The number of hydrogen-bond acceptors (Lipinski definition) is 8. The number of hydrogen-bond donors (Lipinski definition) is 1. The van der Waals surface area contributed by atoms with Crippen molar-refractivity contribution in [3.63, 3.8) is 0 Å². The number of anilines is 1. The van der Waals surface area contributed by atoms with E-state index in [0.29, 0.717) is 11.1 Å². The van der Waals surface area contributed by atoms with Crippen molar-refractivity contribution in [3.05, 3.63) is 35.2 Å². The summed E-state index contributed by atoms with van der Waals surface area (Å²) in [4.78, 5) is 36.4. The molecule has 172 valence electrons. The zero-order chi connectivity index (χ0) is 23.1. The maximum Gasteiger partial charge on any atom is 0.339 e. The van der Waals surface area contributed by atoms with E-state index < -0.39 is 11.9 Å². The van der Waals surface area contributed by atoms with Gasteiger partial charge in [-0.05, 0) is 24.1 Å². The Balaban J connectivity index is 1.64. The van der Waals surface area contributed by atoms with Gasteiger partial charge in [0.25, 0.3) is 0 Å². The molecule has 3 rings (SSSR count). The Morgan fingerprint density at radius 2 is 1.81 bits per heavy atom. The lowest BCUT2D eigenvalue weighted by Crippen LogP contribution is -2.18. The number of carbonyl (C=O) groups excluding carboxylic acids is 3. The number of nitrogens with one attached hydrogen (secondary N) is 1. The minimum Gasteiger partial charge on any atom is -0.465 e. The average Bonchev–Trinajstić information content (AvgIpc) is 3.16. The molecular weight excluding hydrogens is 432 g/mol. The van der Waals surface area contributed by atoms with Crippen molar-refractivity contribution < 1.29 is 23.9 Å². The van der Waals surface area contributed by atoms with Gasteiger partial charge in [-0.15, -0.1) is 10.2 Å².